The van der Waals surface area contributed by atoms with Gasteiger partial charge in [0.25, 0.3) is 5.91 Å². The van der Waals surface area contributed by atoms with Crippen LogP contribution in [0.25, 0.3) is 0 Å². The van der Waals surface area contributed by atoms with Crippen LogP contribution in [0, 0.1) is 0 Å². The van der Waals surface area contributed by atoms with Crippen LogP contribution in [0.3, 0.4) is 0 Å². The van der Waals surface area contributed by atoms with E-state index in [4.69, 9.17) is 4.74 Å². The van der Waals surface area contributed by atoms with Crippen molar-refractivity contribution in [3.05, 3.63) is 30.3 Å². The van der Waals surface area contributed by atoms with Crippen molar-refractivity contribution in [1.29, 1.82) is 0 Å². The summed E-state index contributed by atoms with van der Waals surface area (Å²) in [6.45, 7) is 2.73. The molecule has 3 unspecified atom stereocenters. The fraction of sp³-hybridized carbons (Fsp3) is 0.526. The molecule has 3 aliphatic rings. The predicted octanol–water partition coefficient (Wildman–Crippen LogP) is 0.637. The van der Waals surface area contributed by atoms with Crippen LogP contribution in [0.4, 0.5) is 5.69 Å². The molecule has 1 N–H and O–H groups in total. The fourth-order valence-corrected chi connectivity index (χ4v) is 4.10. The highest BCUT2D eigenvalue weighted by Crippen LogP contribution is 2.27. The lowest BCUT2D eigenvalue weighted by Gasteiger charge is -2.46. The Labute approximate surface area is 158 Å². The highest BCUT2D eigenvalue weighted by molar-refractivity contribution is 6.40. The molecule has 0 radical (unpaired) electrons. The zero-order valence-electron chi connectivity index (χ0n) is 15.3. The van der Waals surface area contributed by atoms with Crippen LogP contribution in [0.1, 0.15) is 12.8 Å². The number of para-hydroxylation sites is 1. The van der Waals surface area contributed by atoms with Gasteiger partial charge in [-0.05, 0) is 25.6 Å². The molecule has 8 nitrogen and oxygen atoms in total. The maximum Gasteiger partial charge on any atom is 0.328 e. The molecule has 0 spiro atoms. The van der Waals surface area contributed by atoms with Crippen molar-refractivity contribution in [3.8, 4) is 0 Å². The van der Waals surface area contributed by atoms with Gasteiger partial charge in [-0.25, -0.2) is 4.79 Å². The third-order valence-electron chi connectivity index (χ3n) is 5.51. The monoisotopic (exact) mass is 372 g/mol. The summed E-state index contributed by atoms with van der Waals surface area (Å²) >= 11 is 0. The van der Waals surface area contributed by atoms with Crippen LogP contribution in [0.15, 0.2) is 35.4 Å². The van der Waals surface area contributed by atoms with Crippen LogP contribution in [-0.2, 0) is 14.3 Å². The largest absolute Gasteiger partial charge is 0.480 e. The normalized spacial score (nSPS) is 28.6. The topological polar surface area (TPSA) is 85.7 Å². The summed E-state index contributed by atoms with van der Waals surface area (Å²) in [7, 11) is 2.04. The van der Waals surface area contributed by atoms with Crippen LogP contribution in [-0.4, -0.2) is 84.0 Å². The number of benzene rings is 1. The standard InChI is InChI=1S/C19H24N4O4/c1-21-8-7-17-16(12-21)22(9-10-27-17)18(24)14-11-15(19(25)26)23(20-14)13-5-3-2-4-6-13/h2-6,15-17H,7-12H2,1H3,(H,25,26). The van der Waals surface area contributed by atoms with Gasteiger partial charge < -0.3 is 19.6 Å². The predicted molar refractivity (Wildman–Crippen MR) is 99.8 cm³/mol. The van der Waals surface area contributed by atoms with Gasteiger partial charge >= 0.3 is 5.97 Å². The Morgan fingerprint density at radius 3 is 2.74 bits per heavy atom. The van der Waals surface area contributed by atoms with E-state index >= 15 is 0 Å². The van der Waals surface area contributed by atoms with Crippen LogP contribution in [0.2, 0.25) is 0 Å². The first kappa shape index (κ1) is 17.9. The van der Waals surface area contributed by atoms with E-state index in [0.29, 0.717) is 24.6 Å². The summed E-state index contributed by atoms with van der Waals surface area (Å²) < 4.78 is 5.86. The van der Waals surface area contributed by atoms with Crippen molar-refractivity contribution >= 4 is 23.3 Å². The zero-order chi connectivity index (χ0) is 19.0. The van der Waals surface area contributed by atoms with E-state index in [2.05, 4.69) is 10.0 Å². The number of likely N-dealkylation sites (N-methyl/N-ethyl adjacent to an activating group) is 1. The molecule has 0 bridgehead atoms. The van der Waals surface area contributed by atoms with Gasteiger partial charge in [0.05, 0.1) is 24.4 Å². The van der Waals surface area contributed by atoms with Gasteiger partial charge in [-0.2, -0.15) is 5.10 Å². The summed E-state index contributed by atoms with van der Waals surface area (Å²) in [6, 6.07) is 8.24. The van der Waals surface area contributed by atoms with Crippen LogP contribution in [0.5, 0.6) is 0 Å². The Bertz CT molecular complexity index is 753. The number of carbonyl (C=O) groups is 2. The second kappa shape index (κ2) is 7.28. The molecule has 3 heterocycles. The van der Waals surface area contributed by atoms with Gasteiger partial charge in [0, 0.05) is 26.1 Å². The molecule has 0 aromatic heterocycles. The maximum absolute atomic E-state index is 13.2. The van der Waals surface area contributed by atoms with Gasteiger partial charge in [0.2, 0.25) is 0 Å². The lowest BCUT2D eigenvalue weighted by Crippen LogP contribution is -2.61. The lowest BCUT2D eigenvalue weighted by atomic mass is 9.98. The van der Waals surface area contributed by atoms with Crippen molar-refractivity contribution in [2.24, 2.45) is 5.10 Å². The molecule has 1 aromatic carbocycles. The summed E-state index contributed by atoms with van der Waals surface area (Å²) in [4.78, 5) is 29.0. The molecule has 144 valence electrons. The number of hydrazone groups is 1. The Hall–Kier alpha value is -2.45. The van der Waals surface area contributed by atoms with Gasteiger partial charge in [-0.3, -0.25) is 9.80 Å². The number of fused-ring (bicyclic) bond motifs is 1. The minimum Gasteiger partial charge on any atom is -0.480 e. The number of carboxylic acids is 1. The smallest absolute Gasteiger partial charge is 0.328 e. The van der Waals surface area contributed by atoms with E-state index in [-0.39, 0.29) is 24.5 Å². The van der Waals surface area contributed by atoms with Crippen LogP contribution >= 0.6 is 0 Å². The van der Waals surface area contributed by atoms with Crippen molar-refractivity contribution in [2.45, 2.75) is 31.0 Å². The van der Waals surface area contributed by atoms with E-state index in [1.54, 1.807) is 12.1 Å². The number of morpholine rings is 1. The molecular formula is C19H24N4O4. The number of nitrogens with zero attached hydrogens (tertiary/aromatic N) is 4. The molecule has 0 saturated carbocycles. The first-order valence-corrected chi connectivity index (χ1v) is 9.30. The van der Waals surface area contributed by atoms with E-state index in [1.807, 2.05) is 30.1 Å². The summed E-state index contributed by atoms with van der Waals surface area (Å²) in [5.41, 5.74) is 0.977. The Balaban J connectivity index is 1.58. The van der Waals surface area contributed by atoms with Crippen molar-refractivity contribution in [2.75, 3.05) is 38.3 Å². The molecule has 2 saturated heterocycles. The number of hydrogen-bond donors (Lipinski definition) is 1. The Kier molecular flexibility index (Phi) is 4.84. The summed E-state index contributed by atoms with van der Waals surface area (Å²) in [5, 5.41) is 15.5. The molecule has 0 aliphatic carbocycles. The van der Waals surface area contributed by atoms with Crippen LogP contribution < -0.4 is 5.01 Å². The van der Waals surface area contributed by atoms with Gasteiger partial charge in [0.15, 0.2) is 6.04 Å². The number of rotatable bonds is 3. The van der Waals surface area contributed by atoms with Gasteiger partial charge in [0.1, 0.15) is 5.71 Å². The molecule has 1 aromatic rings. The molecule has 3 aliphatic heterocycles. The number of likely N-dealkylation sites (tertiary alicyclic amines) is 1. The second-order valence-corrected chi connectivity index (χ2v) is 7.31. The first-order valence-electron chi connectivity index (χ1n) is 9.30. The summed E-state index contributed by atoms with van der Waals surface area (Å²) in [6.07, 6.45) is 1.04. The Morgan fingerprint density at radius 1 is 1.22 bits per heavy atom. The number of carboxylic acid groups (broad SMARTS) is 1. The van der Waals surface area contributed by atoms with E-state index in [9.17, 15) is 14.7 Å². The molecule has 4 rings (SSSR count). The Morgan fingerprint density at radius 2 is 2.00 bits per heavy atom. The number of aliphatic carboxylic acids is 1. The molecule has 3 atom stereocenters. The maximum atomic E-state index is 13.2. The molecule has 8 heteroatoms. The van der Waals surface area contributed by atoms with Gasteiger partial charge in [-0.15, -0.1) is 0 Å². The number of carbonyl (C=O) groups excluding carboxylic acids is 1. The number of piperidine rings is 1. The SMILES string of the molecule is CN1CCC2OCCN(C(=O)C3=NN(c4ccccc4)C(C(=O)O)C3)C2C1. The molecule has 27 heavy (non-hydrogen) atoms. The van der Waals surface area contributed by atoms with Crippen molar-refractivity contribution in [1.82, 2.24) is 9.80 Å². The highest BCUT2D eigenvalue weighted by atomic mass is 16.5. The average molecular weight is 372 g/mol. The third-order valence-corrected chi connectivity index (χ3v) is 5.51. The minimum absolute atomic E-state index is 0.0123. The fourth-order valence-electron chi connectivity index (χ4n) is 4.10. The van der Waals surface area contributed by atoms with Gasteiger partial charge in [-0.1, -0.05) is 18.2 Å². The van der Waals surface area contributed by atoms with Crippen molar-refractivity contribution in [3.63, 3.8) is 0 Å². The third kappa shape index (κ3) is 3.42. The molecule has 1 amide bonds. The minimum atomic E-state index is -0.984. The quantitative estimate of drug-likeness (QED) is 0.838. The number of ether oxygens (including phenoxy) is 1. The second-order valence-electron chi connectivity index (χ2n) is 7.31. The zero-order valence-corrected chi connectivity index (χ0v) is 15.3. The molecular weight excluding hydrogens is 348 g/mol. The van der Waals surface area contributed by atoms with E-state index in [1.165, 1.54) is 5.01 Å². The van der Waals surface area contributed by atoms with E-state index in [0.717, 1.165) is 19.5 Å². The lowest BCUT2D eigenvalue weighted by molar-refractivity contribution is -0.145. The van der Waals surface area contributed by atoms with E-state index < -0.39 is 12.0 Å². The number of hydrogen-bond acceptors (Lipinski definition) is 6. The highest BCUT2D eigenvalue weighted by Gasteiger charge is 2.43. The first-order chi connectivity index (χ1) is 13.0. The number of amides is 1. The molecule has 2 fully saturated rings. The average Bonchev–Trinajstić information content (AvgIpc) is 3.13. The van der Waals surface area contributed by atoms with Crippen molar-refractivity contribution < 1.29 is 19.4 Å². The number of anilines is 1. The summed E-state index contributed by atoms with van der Waals surface area (Å²) in [5.74, 6) is -1.16.